The van der Waals surface area contributed by atoms with Crippen molar-refractivity contribution in [3.05, 3.63) is 52.1 Å². The predicted octanol–water partition coefficient (Wildman–Crippen LogP) is 2.63. The maximum absolute atomic E-state index is 12.6. The van der Waals surface area contributed by atoms with Gasteiger partial charge in [-0.2, -0.15) is 0 Å². The number of carbonyl (C=O) groups is 2. The fourth-order valence-corrected chi connectivity index (χ4v) is 4.14. The minimum absolute atomic E-state index is 0.0510. The average Bonchev–Trinajstić information content (AvgIpc) is 3.44. The normalized spacial score (nSPS) is 16.5. The second-order valence-electron chi connectivity index (χ2n) is 7.50. The van der Waals surface area contributed by atoms with Crippen molar-refractivity contribution in [1.82, 2.24) is 30.1 Å². The second-order valence-corrected chi connectivity index (χ2v) is 8.53. The zero-order valence-corrected chi connectivity index (χ0v) is 17.3. The molecule has 3 amide bonds. The highest BCUT2D eigenvalue weighted by molar-refractivity contribution is 7.09. The van der Waals surface area contributed by atoms with Crippen LogP contribution in [0.25, 0.3) is 5.65 Å². The van der Waals surface area contributed by atoms with E-state index in [2.05, 4.69) is 20.8 Å². The molecular formula is C20H24N6O2S. The van der Waals surface area contributed by atoms with Crippen molar-refractivity contribution in [1.29, 1.82) is 0 Å². The largest absolute Gasteiger partial charge is 0.347 e. The van der Waals surface area contributed by atoms with Crippen LogP contribution in [0, 0.1) is 0 Å². The third kappa shape index (κ3) is 4.24. The van der Waals surface area contributed by atoms with Crippen LogP contribution in [0.5, 0.6) is 0 Å². The molecule has 0 radical (unpaired) electrons. The number of aromatic nitrogens is 3. The average molecular weight is 413 g/mol. The molecule has 0 aliphatic carbocycles. The van der Waals surface area contributed by atoms with Crippen LogP contribution in [0.15, 0.2) is 35.8 Å². The molecule has 1 unspecified atom stereocenters. The highest BCUT2D eigenvalue weighted by Gasteiger charge is 2.30. The van der Waals surface area contributed by atoms with Crippen molar-refractivity contribution in [2.75, 3.05) is 13.1 Å². The lowest BCUT2D eigenvalue weighted by atomic mass is 10.1. The van der Waals surface area contributed by atoms with Crippen molar-refractivity contribution in [2.45, 2.75) is 38.8 Å². The lowest BCUT2D eigenvalue weighted by Crippen LogP contribution is -2.41. The lowest BCUT2D eigenvalue weighted by Gasteiger charge is -2.18. The lowest BCUT2D eigenvalue weighted by molar-refractivity contribution is 0.0951. The number of amides is 3. The van der Waals surface area contributed by atoms with Crippen LogP contribution in [0.3, 0.4) is 0 Å². The van der Waals surface area contributed by atoms with Crippen molar-refractivity contribution >= 4 is 28.9 Å². The molecule has 2 N–H and O–H groups in total. The van der Waals surface area contributed by atoms with Gasteiger partial charge in [-0.3, -0.25) is 9.20 Å². The van der Waals surface area contributed by atoms with E-state index < -0.39 is 0 Å². The molecule has 1 fully saturated rings. The van der Waals surface area contributed by atoms with Crippen molar-refractivity contribution in [3.8, 4) is 0 Å². The summed E-state index contributed by atoms with van der Waals surface area (Å²) in [6.07, 6.45) is 2.60. The van der Waals surface area contributed by atoms with Gasteiger partial charge in [-0.25, -0.2) is 4.79 Å². The van der Waals surface area contributed by atoms with Gasteiger partial charge in [0.25, 0.3) is 5.91 Å². The summed E-state index contributed by atoms with van der Waals surface area (Å²) in [7, 11) is 0. The maximum Gasteiger partial charge on any atom is 0.317 e. The summed E-state index contributed by atoms with van der Waals surface area (Å²) < 4.78 is 1.87. The minimum Gasteiger partial charge on any atom is -0.347 e. The van der Waals surface area contributed by atoms with E-state index >= 15 is 0 Å². The number of nitrogens with one attached hydrogen (secondary N) is 2. The summed E-state index contributed by atoms with van der Waals surface area (Å²) in [4.78, 5) is 27.7. The van der Waals surface area contributed by atoms with E-state index in [0.717, 1.165) is 17.1 Å². The maximum atomic E-state index is 12.6. The predicted molar refractivity (Wildman–Crippen MR) is 111 cm³/mol. The van der Waals surface area contributed by atoms with E-state index in [0.29, 0.717) is 30.8 Å². The van der Waals surface area contributed by atoms with Gasteiger partial charge in [-0.1, -0.05) is 6.07 Å². The van der Waals surface area contributed by atoms with E-state index in [-0.39, 0.29) is 23.9 Å². The Bertz CT molecular complexity index is 1010. The first-order chi connectivity index (χ1) is 14.0. The summed E-state index contributed by atoms with van der Waals surface area (Å²) in [5, 5.41) is 16.4. The van der Waals surface area contributed by atoms with Crippen LogP contribution in [0.2, 0.25) is 0 Å². The van der Waals surface area contributed by atoms with Crippen LogP contribution in [0.4, 0.5) is 4.79 Å². The Labute approximate surface area is 172 Å². The second kappa shape index (κ2) is 8.20. The highest BCUT2D eigenvalue weighted by atomic mass is 32.1. The van der Waals surface area contributed by atoms with Crippen molar-refractivity contribution in [2.24, 2.45) is 0 Å². The molecule has 3 aromatic rings. The fourth-order valence-electron chi connectivity index (χ4n) is 3.50. The van der Waals surface area contributed by atoms with Crippen LogP contribution in [-0.4, -0.2) is 50.6 Å². The van der Waals surface area contributed by atoms with Gasteiger partial charge in [-0.15, -0.1) is 21.5 Å². The van der Waals surface area contributed by atoms with Gasteiger partial charge < -0.3 is 15.5 Å². The molecular weight excluding hydrogens is 388 g/mol. The molecule has 3 aromatic heterocycles. The van der Waals surface area contributed by atoms with E-state index in [1.54, 1.807) is 29.7 Å². The first-order valence-electron chi connectivity index (χ1n) is 9.72. The molecule has 29 heavy (non-hydrogen) atoms. The van der Waals surface area contributed by atoms with Gasteiger partial charge in [0.15, 0.2) is 5.65 Å². The number of likely N-dealkylation sites (tertiary alicyclic amines) is 1. The Balaban J connectivity index is 1.49. The van der Waals surface area contributed by atoms with Gasteiger partial charge in [0.2, 0.25) is 0 Å². The minimum atomic E-state index is -0.135. The van der Waals surface area contributed by atoms with Gasteiger partial charge in [0.05, 0.1) is 12.1 Å². The van der Waals surface area contributed by atoms with E-state index in [1.807, 2.05) is 40.7 Å². The van der Waals surface area contributed by atoms with E-state index in [1.165, 1.54) is 0 Å². The SMILES string of the molecule is CC(C)NC(=O)N1CCC(c2nnc3ccc(C(=O)NCc4cccs4)cn23)C1. The number of nitrogens with zero attached hydrogens (tertiary/aromatic N) is 4. The molecule has 1 saturated heterocycles. The molecule has 0 saturated carbocycles. The molecule has 0 spiro atoms. The van der Waals surface area contributed by atoms with E-state index in [9.17, 15) is 9.59 Å². The Hall–Kier alpha value is -2.94. The van der Waals surface area contributed by atoms with Crippen LogP contribution in [-0.2, 0) is 6.54 Å². The summed E-state index contributed by atoms with van der Waals surface area (Å²) in [6, 6.07) is 7.57. The summed E-state index contributed by atoms with van der Waals surface area (Å²) in [6.45, 7) is 5.67. The third-order valence-electron chi connectivity index (χ3n) is 4.95. The molecule has 4 heterocycles. The molecule has 9 heteroatoms. The number of pyridine rings is 1. The summed E-state index contributed by atoms with van der Waals surface area (Å²) in [5.41, 5.74) is 1.25. The quantitative estimate of drug-likeness (QED) is 0.674. The first-order valence-corrected chi connectivity index (χ1v) is 10.6. The third-order valence-corrected chi connectivity index (χ3v) is 5.82. The van der Waals surface area contributed by atoms with Gasteiger partial charge in [0, 0.05) is 36.1 Å². The zero-order valence-electron chi connectivity index (χ0n) is 16.5. The number of carbonyl (C=O) groups excluding carboxylic acids is 2. The Kier molecular flexibility index (Phi) is 5.48. The number of fused-ring (bicyclic) bond motifs is 1. The molecule has 1 aliphatic rings. The Morgan fingerprint density at radius 1 is 1.28 bits per heavy atom. The molecule has 0 bridgehead atoms. The smallest absolute Gasteiger partial charge is 0.317 e. The molecule has 152 valence electrons. The van der Waals surface area contributed by atoms with Crippen molar-refractivity contribution in [3.63, 3.8) is 0 Å². The molecule has 1 atom stereocenters. The fraction of sp³-hybridized carbons (Fsp3) is 0.400. The van der Waals surface area contributed by atoms with Gasteiger partial charge >= 0.3 is 6.03 Å². The monoisotopic (exact) mass is 412 g/mol. The van der Waals surface area contributed by atoms with Crippen LogP contribution < -0.4 is 10.6 Å². The van der Waals surface area contributed by atoms with Crippen LogP contribution >= 0.6 is 11.3 Å². The van der Waals surface area contributed by atoms with Gasteiger partial charge in [0.1, 0.15) is 5.82 Å². The zero-order chi connectivity index (χ0) is 20.4. The van der Waals surface area contributed by atoms with Crippen molar-refractivity contribution < 1.29 is 9.59 Å². The molecule has 4 rings (SSSR count). The first kappa shape index (κ1) is 19.4. The summed E-state index contributed by atoms with van der Waals surface area (Å²) >= 11 is 1.61. The highest BCUT2D eigenvalue weighted by Crippen LogP contribution is 2.26. The number of hydrogen-bond acceptors (Lipinski definition) is 5. The number of thiophene rings is 1. The molecule has 8 nitrogen and oxygen atoms in total. The summed E-state index contributed by atoms with van der Waals surface area (Å²) in [5.74, 6) is 0.740. The van der Waals surface area contributed by atoms with E-state index in [4.69, 9.17) is 0 Å². The Morgan fingerprint density at radius 2 is 2.14 bits per heavy atom. The number of urea groups is 1. The van der Waals surface area contributed by atoms with Gasteiger partial charge in [-0.05, 0) is 43.8 Å². The topological polar surface area (TPSA) is 91.6 Å². The van der Waals surface area contributed by atoms with Crippen LogP contribution in [0.1, 0.15) is 47.2 Å². The standard InChI is InChI=1S/C20H24N6O2S/c1-13(2)22-20(28)25-8-7-14(11-25)18-24-23-17-6-5-15(12-26(17)18)19(27)21-10-16-4-3-9-29-16/h3-6,9,12-14H,7-8,10-11H2,1-2H3,(H,21,27)(H,22,28). The Morgan fingerprint density at radius 3 is 2.90 bits per heavy atom. The number of hydrogen-bond donors (Lipinski definition) is 2. The number of rotatable bonds is 5. The molecule has 0 aromatic carbocycles. The molecule has 1 aliphatic heterocycles.